The smallest absolute Gasteiger partial charge is 0.403 e. The summed E-state index contributed by atoms with van der Waals surface area (Å²) >= 11 is 12.0. The van der Waals surface area contributed by atoms with Crippen molar-refractivity contribution in [2.75, 3.05) is 0 Å². The summed E-state index contributed by atoms with van der Waals surface area (Å²) in [5, 5.41) is 50.1. The second-order valence-electron chi connectivity index (χ2n) is 7.80. The van der Waals surface area contributed by atoms with Gasteiger partial charge in [-0.2, -0.15) is 0 Å². The summed E-state index contributed by atoms with van der Waals surface area (Å²) in [5.41, 5.74) is -0.307. The highest BCUT2D eigenvalue weighted by molar-refractivity contribution is 7.47. The molecule has 0 amide bonds. The topological polar surface area (TPSA) is 203 Å². The number of nitrogens with one attached hydrogen (secondary N) is 1. The number of H-pyrrole nitrogens is 1. The van der Waals surface area contributed by atoms with Crippen molar-refractivity contribution >= 4 is 41.9 Å². The van der Waals surface area contributed by atoms with E-state index in [1.54, 1.807) is 0 Å². The van der Waals surface area contributed by atoms with Gasteiger partial charge in [-0.1, -0.05) is 23.2 Å². The van der Waals surface area contributed by atoms with E-state index in [4.69, 9.17) is 32.2 Å². The van der Waals surface area contributed by atoms with E-state index >= 15 is 0 Å². The molecule has 0 spiro atoms. The lowest BCUT2D eigenvalue weighted by atomic mass is 9.85. The van der Waals surface area contributed by atoms with Crippen molar-refractivity contribution in [3.63, 3.8) is 0 Å². The Kier molecular flexibility index (Phi) is 7.24. The minimum Gasteiger partial charge on any atom is -0.403 e. The SMILES string of the molecule is O=c1[nH]c(-c2cc(Cl)ccc2OP(=O)(O)OC2[C@@H](O)[C@H](O)C(O)[C@H](O)[C@@H]2O)nc2ccc(Cl)cc12. The van der Waals surface area contributed by atoms with Gasteiger partial charge >= 0.3 is 7.82 Å². The third-order valence-electron chi connectivity index (χ3n) is 5.41. The minimum absolute atomic E-state index is 0.00967. The van der Waals surface area contributed by atoms with E-state index in [0.717, 1.165) is 0 Å². The maximum atomic E-state index is 12.7. The number of hydrogen-bond donors (Lipinski definition) is 7. The van der Waals surface area contributed by atoms with Gasteiger partial charge in [-0.3, -0.25) is 14.2 Å². The standard InChI is InChI=1S/C20H19Cl2N2O10P/c21-7-1-3-11-9(5-7)20(30)24-19(23-11)10-6-8(22)2-4-12(10)33-35(31,32)34-18-16(28)14(26)13(25)15(27)17(18)29/h1-6,13-18,25-29H,(H,31,32)(H,23,24,30)/t13?,14-,15+,16-,17-,18?/m0/s1. The highest BCUT2D eigenvalue weighted by atomic mass is 35.5. The number of halogens is 2. The number of hydrogen-bond acceptors (Lipinski definition) is 10. The molecule has 1 aliphatic rings. The monoisotopic (exact) mass is 548 g/mol. The molecule has 3 aromatic rings. The number of aromatic nitrogens is 2. The van der Waals surface area contributed by atoms with Crippen molar-refractivity contribution in [2.45, 2.75) is 36.6 Å². The lowest BCUT2D eigenvalue weighted by Gasteiger charge is -2.41. The van der Waals surface area contributed by atoms with E-state index in [2.05, 4.69) is 9.97 Å². The molecule has 35 heavy (non-hydrogen) atoms. The molecule has 1 fully saturated rings. The van der Waals surface area contributed by atoms with E-state index in [0.29, 0.717) is 5.02 Å². The van der Waals surface area contributed by atoms with Gasteiger partial charge in [-0.05, 0) is 36.4 Å². The lowest BCUT2D eigenvalue weighted by Crippen LogP contribution is -2.64. The summed E-state index contributed by atoms with van der Waals surface area (Å²) in [4.78, 5) is 29.7. The molecule has 0 radical (unpaired) electrons. The molecule has 0 saturated heterocycles. The van der Waals surface area contributed by atoms with Crippen molar-refractivity contribution in [1.82, 2.24) is 9.97 Å². The van der Waals surface area contributed by atoms with Crippen molar-refractivity contribution in [2.24, 2.45) is 0 Å². The largest absolute Gasteiger partial charge is 0.527 e. The van der Waals surface area contributed by atoms with Gasteiger partial charge in [0.05, 0.1) is 16.5 Å². The van der Waals surface area contributed by atoms with Gasteiger partial charge in [-0.15, -0.1) is 0 Å². The van der Waals surface area contributed by atoms with Crippen LogP contribution >= 0.6 is 31.0 Å². The number of fused-ring (bicyclic) bond motifs is 1. The number of phosphoric ester groups is 1. The van der Waals surface area contributed by atoms with Crippen LogP contribution in [0.5, 0.6) is 5.75 Å². The van der Waals surface area contributed by atoms with Gasteiger partial charge in [0, 0.05) is 10.0 Å². The zero-order valence-electron chi connectivity index (χ0n) is 17.4. The molecule has 3 unspecified atom stereocenters. The van der Waals surface area contributed by atoms with Crippen LogP contribution in [0.1, 0.15) is 0 Å². The molecule has 0 bridgehead atoms. The molecule has 15 heteroatoms. The number of nitrogens with zero attached hydrogens (tertiary/aromatic N) is 1. The third-order valence-corrected chi connectivity index (χ3v) is 6.81. The highest BCUT2D eigenvalue weighted by Crippen LogP contribution is 2.49. The van der Waals surface area contributed by atoms with Crippen LogP contribution in [0.25, 0.3) is 22.3 Å². The van der Waals surface area contributed by atoms with Crippen molar-refractivity contribution < 1.29 is 44.0 Å². The number of aromatic amines is 1. The molecule has 4 rings (SSSR count). The van der Waals surface area contributed by atoms with Gasteiger partial charge in [0.1, 0.15) is 48.2 Å². The highest BCUT2D eigenvalue weighted by Gasteiger charge is 2.51. The molecule has 7 atom stereocenters. The predicted octanol–water partition coefficient (Wildman–Crippen LogP) is 0.579. The lowest BCUT2D eigenvalue weighted by molar-refractivity contribution is -0.219. The molecule has 2 aromatic carbocycles. The molecule has 0 aliphatic heterocycles. The van der Waals surface area contributed by atoms with Crippen LogP contribution < -0.4 is 10.1 Å². The molecule has 188 valence electrons. The summed E-state index contributed by atoms with van der Waals surface area (Å²) in [5.74, 6) is -0.397. The molecular formula is C20H19Cl2N2O10P. The van der Waals surface area contributed by atoms with Crippen molar-refractivity contribution in [3.8, 4) is 17.1 Å². The van der Waals surface area contributed by atoms with Gasteiger partial charge < -0.3 is 35.0 Å². The fourth-order valence-corrected chi connectivity index (χ4v) is 4.98. The Morgan fingerprint density at radius 1 is 0.886 bits per heavy atom. The van der Waals surface area contributed by atoms with Crippen LogP contribution in [-0.4, -0.2) is 77.0 Å². The van der Waals surface area contributed by atoms with Crippen LogP contribution in [0, 0.1) is 0 Å². The van der Waals surface area contributed by atoms with Crippen LogP contribution in [0.2, 0.25) is 10.0 Å². The third kappa shape index (κ3) is 5.23. The fourth-order valence-electron chi connectivity index (χ4n) is 3.63. The van der Waals surface area contributed by atoms with Gasteiger partial charge in [0.25, 0.3) is 5.56 Å². The van der Waals surface area contributed by atoms with Crippen molar-refractivity contribution in [3.05, 3.63) is 56.8 Å². The first-order chi connectivity index (χ1) is 16.4. The zero-order valence-corrected chi connectivity index (χ0v) is 19.8. The van der Waals surface area contributed by atoms with E-state index in [1.807, 2.05) is 0 Å². The Morgan fingerprint density at radius 2 is 1.46 bits per heavy atom. The van der Waals surface area contributed by atoms with Crippen LogP contribution in [0.3, 0.4) is 0 Å². The Labute approximate surface area is 206 Å². The maximum absolute atomic E-state index is 12.7. The minimum atomic E-state index is -5.16. The second kappa shape index (κ2) is 9.75. The Hall–Kier alpha value is -2.09. The summed E-state index contributed by atoms with van der Waals surface area (Å²) in [6.45, 7) is 0. The van der Waals surface area contributed by atoms with Crippen molar-refractivity contribution in [1.29, 1.82) is 0 Å². The fraction of sp³-hybridized carbons (Fsp3) is 0.300. The average Bonchev–Trinajstić information content (AvgIpc) is 2.80. The van der Waals surface area contributed by atoms with Crippen LogP contribution in [-0.2, 0) is 9.09 Å². The van der Waals surface area contributed by atoms with E-state index in [1.165, 1.54) is 36.4 Å². The van der Waals surface area contributed by atoms with Gasteiger partial charge in [-0.25, -0.2) is 9.55 Å². The van der Waals surface area contributed by atoms with E-state index in [9.17, 15) is 39.8 Å². The molecule has 1 heterocycles. The van der Waals surface area contributed by atoms with Gasteiger partial charge in [0.2, 0.25) is 0 Å². The molecular weight excluding hydrogens is 530 g/mol. The first-order valence-corrected chi connectivity index (χ1v) is 12.2. The number of benzene rings is 2. The van der Waals surface area contributed by atoms with E-state index in [-0.39, 0.29) is 33.1 Å². The summed E-state index contributed by atoms with van der Waals surface area (Å²) in [7, 11) is -5.16. The second-order valence-corrected chi connectivity index (χ2v) is 10.0. The summed E-state index contributed by atoms with van der Waals surface area (Å²) in [6.07, 6.45) is -12.0. The predicted molar refractivity (Wildman–Crippen MR) is 123 cm³/mol. The number of aliphatic hydroxyl groups is 5. The summed E-state index contributed by atoms with van der Waals surface area (Å²) in [6, 6.07) is 8.23. The quantitative estimate of drug-likeness (QED) is 0.220. The molecule has 1 aliphatic carbocycles. The molecule has 7 N–H and O–H groups in total. The molecule has 12 nitrogen and oxygen atoms in total. The number of rotatable bonds is 5. The first kappa shape index (κ1) is 26.0. The van der Waals surface area contributed by atoms with E-state index < -0.39 is 50.0 Å². The Balaban J connectivity index is 1.68. The van der Waals surface area contributed by atoms with Crippen LogP contribution in [0.15, 0.2) is 41.2 Å². The maximum Gasteiger partial charge on any atom is 0.527 e. The number of aliphatic hydroxyl groups excluding tert-OH is 5. The normalized spacial score (nSPS) is 28.6. The Bertz CT molecular complexity index is 1360. The zero-order chi connectivity index (χ0) is 25.7. The van der Waals surface area contributed by atoms with Gasteiger partial charge in [0.15, 0.2) is 0 Å². The first-order valence-electron chi connectivity index (χ1n) is 9.98. The summed E-state index contributed by atoms with van der Waals surface area (Å²) < 4.78 is 22.7. The number of phosphoric acid groups is 1. The molecule has 1 aromatic heterocycles. The molecule has 1 saturated carbocycles. The van der Waals surface area contributed by atoms with Crippen LogP contribution in [0.4, 0.5) is 0 Å². The average molecular weight is 549 g/mol. The Morgan fingerprint density at radius 3 is 2.11 bits per heavy atom.